The van der Waals surface area contributed by atoms with Crippen molar-refractivity contribution in [1.82, 2.24) is 0 Å². The minimum atomic E-state index is -4.26. The first-order valence-electron chi connectivity index (χ1n) is 12.6. The summed E-state index contributed by atoms with van der Waals surface area (Å²) in [7, 11) is -4.26. The molecule has 0 heterocycles. The van der Waals surface area contributed by atoms with E-state index in [9.17, 15) is 9.36 Å². The predicted octanol–water partition coefficient (Wildman–Crippen LogP) is 4.42. The molecule has 0 saturated heterocycles. The molecule has 6 N–H and O–H groups in total. The molecule has 0 spiro atoms. The number of hydrogen-bond acceptors (Lipinski definition) is 7. The van der Waals surface area contributed by atoms with E-state index in [0.29, 0.717) is 0 Å². The third-order valence-corrected chi connectivity index (χ3v) is 4.93. The van der Waals surface area contributed by atoms with Crippen molar-refractivity contribution in [1.29, 1.82) is 0 Å². The van der Waals surface area contributed by atoms with Crippen LogP contribution in [0.25, 0.3) is 0 Å². The number of ether oxygens (including phenoxy) is 1. The number of aliphatic hydroxyl groups excluding tert-OH is 2. The molecular weight excluding hydrogens is 497 g/mol. The molecule has 37 heavy (non-hydrogen) atoms. The highest BCUT2D eigenvalue weighted by atomic mass is 31.2. The van der Waals surface area contributed by atoms with Crippen molar-refractivity contribution in [2.75, 3.05) is 26.4 Å². The van der Waals surface area contributed by atoms with Crippen LogP contribution in [0.3, 0.4) is 0 Å². The lowest BCUT2D eigenvalue weighted by Crippen LogP contribution is -2.24. The van der Waals surface area contributed by atoms with Crippen LogP contribution in [-0.4, -0.2) is 58.4 Å². The van der Waals surface area contributed by atoms with E-state index in [1.54, 1.807) is 12.2 Å². The topological polar surface area (TPSA) is 160 Å². The quantitative estimate of drug-likeness (QED) is 0.0492. The molecule has 0 unspecified atom stereocenters. The molecule has 0 atom stereocenters. The van der Waals surface area contributed by atoms with Crippen molar-refractivity contribution in [2.45, 2.75) is 64.4 Å². The highest BCUT2D eigenvalue weighted by Gasteiger charge is 2.11. The van der Waals surface area contributed by atoms with Gasteiger partial charge in [0.2, 0.25) is 0 Å². The molecule has 0 saturated carbocycles. The molecule has 0 aromatic heterocycles. The van der Waals surface area contributed by atoms with Gasteiger partial charge < -0.3 is 30.5 Å². The Balaban J connectivity index is 0. The first kappa shape index (κ1) is 37.1. The fourth-order valence-corrected chi connectivity index (χ4v) is 2.89. The molecule has 0 aromatic rings. The molecule has 0 fully saturated rings. The summed E-state index contributed by atoms with van der Waals surface area (Å²) in [4.78, 5) is 27.3. The number of hydrogen-bond donors (Lipinski definition) is 5. The van der Waals surface area contributed by atoms with Gasteiger partial charge in [-0.3, -0.25) is 4.52 Å². The number of aliphatic hydroxyl groups is 2. The molecular formula is C27H46NO8P. The Kier molecular flexibility index (Phi) is 28.5. The number of unbranched alkanes of at least 4 members (excludes halogenated alkanes) is 7. The van der Waals surface area contributed by atoms with E-state index >= 15 is 0 Å². The Hall–Kier alpha value is -2.10. The molecule has 0 bridgehead atoms. The fraction of sp³-hybridized carbons (Fsp3) is 0.519. The lowest BCUT2D eigenvalue weighted by Gasteiger charge is -2.09. The highest BCUT2D eigenvalue weighted by molar-refractivity contribution is 7.46. The molecule has 0 aliphatic heterocycles. The van der Waals surface area contributed by atoms with Gasteiger partial charge >= 0.3 is 13.8 Å². The van der Waals surface area contributed by atoms with E-state index in [1.165, 1.54) is 57.1 Å². The van der Waals surface area contributed by atoms with Gasteiger partial charge in [0.25, 0.3) is 0 Å². The zero-order valence-electron chi connectivity index (χ0n) is 21.9. The van der Waals surface area contributed by atoms with Gasteiger partial charge in [0, 0.05) is 12.6 Å². The molecule has 0 aliphatic carbocycles. The van der Waals surface area contributed by atoms with E-state index in [0.717, 1.165) is 6.42 Å². The van der Waals surface area contributed by atoms with Crippen molar-refractivity contribution >= 4 is 13.8 Å². The Morgan fingerprint density at radius 3 is 1.76 bits per heavy atom. The molecule has 0 rings (SSSR count). The first-order chi connectivity index (χ1) is 17.8. The van der Waals surface area contributed by atoms with Crippen molar-refractivity contribution in [3.05, 3.63) is 72.9 Å². The van der Waals surface area contributed by atoms with Crippen molar-refractivity contribution in [2.24, 2.45) is 5.73 Å². The van der Waals surface area contributed by atoms with Gasteiger partial charge in [-0.15, -0.1) is 0 Å². The maximum Gasteiger partial charge on any atom is 0.469 e. The average molecular weight is 544 g/mol. The van der Waals surface area contributed by atoms with Crippen molar-refractivity contribution in [3.8, 4) is 0 Å². The minimum Gasteiger partial charge on any atom is -0.454 e. The summed E-state index contributed by atoms with van der Waals surface area (Å²) in [6, 6.07) is 0. The van der Waals surface area contributed by atoms with E-state index in [2.05, 4.69) is 23.6 Å². The van der Waals surface area contributed by atoms with Crippen LogP contribution >= 0.6 is 7.82 Å². The van der Waals surface area contributed by atoms with Gasteiger partial charge in [-0.25, -0.2) is 9.36 Å². The molecule has 0 amide bonds. The van der Waals surface area contributed by atoms with Crippen LogP contribution in [0.2, 0.25) is 0 Å². The van der Waals surface area contributed by atoms with E-state index in [1.807, 2.05) is 36.5 Å². The number of carbonyl (C=O) groups is 1. The van der Waals surface area contributed by atoms with Crippen LogP contribution < -0.4 is 5.73 Å². The molecule has 0 aromatic carbocycles. The lowest BCUT2D eigenvalue weighted by molar-refractivity contribution is -0.147. The molecule has 212 valence electrons. The third-order valence-electron chi connectivity index (χ3n) is 4.41. The smallest absolute Gasteiger partial charge is 0.454 e. The van der Waals surface area contributed by atoms with Crippen LogP contribution in [0.15, 0.2) is 72.9 Å². The molecule has 0 aliphatic rings. The molecule has 10 heteroatoms. The van der Waals surface area contributed by atoms with E-state index < -0.39 is 33.1 Å². The summed E-state index contributed by atoms with van der Waals surface area (Å²) < 4.78 is 18.5. The van der Waals surface area contributed by atoms with Gasteiger partial charge in [0.05, 0.1) is 19.8 Å². The van der Waals surface area contributed by atoms with Crippen molar-refractivity contribution in [3.63, 3.8) is 0 Å². The number of nitrogens with two attached hydrogens (primary N) is 1. The maximum absolute atomic E-state index is 11.3. The number of esters is 1. The van der Waals surface area contributed by atoms with Gasteiger partial charge in [-0.2, -0.15) is 0 Å². The van der Waals surface area contributed by atoms with Gasteiger partial charge in [0.1, 0.15) is 6.10 Å². The normalized spacial score (nSPS) is 12.7. The van der Waals surface area contributed by atoms with E-state index in [4.69, 9.17) is 30.5 Å². The van der Waals surface area contributed by atoms with Gasteiger partial charge in [0.15, 0.2) is 0 Å². The zero-order valence-corrected chi connectivity index (χ0v) is 22.8. The summed E-state index contributed by atoms with van der Waals surface area (Å²) in [5, 5.41) is 17.6. The Morgan fingerprint density at radius 1 is 0.811 bits per heavy atom. The Morgan fingerprint density at radius 2 is 1.30 bits per heavy atom. The summed E-state index contributed by atoms with van der Waals surface area (Å²) in [5.74, 6) is -0.600. The summed E-state index contributed by atoms with van der Waals surface area (Å²) in [5.41, 5.74) is 4.87. The van der Waals surface area contributed by atoms with Crippen LogP contribution in [0.5, 0.6) is 0 Å². The number of phosphoric acid groups is 1. The third kappa shape index (κ3) is 33.9. The van der Waals surface area contributed by atoms with Crippen LogP contribution in [0, 0.1) is 0 Å². The zero-order chi connectivity index (χ0) is 28.0. The highest BCUT2D eigenvalue weighted by Crippen LogP contribution is 2.34. The monoisotopic (exact) mass is 543 g/mol. The average Bonchev–Trinajstić information content (AvgIpc) is 2.87. The van der Waals surface area contributed by atoms with E-state index in [-0.39, 0.29) is 13.2 Å². The second kappa shape index (κ2) is 28.5. The van der Waals surface area contributed by atoms with Crippen LogP contribution in [-0.2, 0) is 18.6 Å². The number of rotatable bonds is 20. The number of allylic oxidation sites excluding steroid dienone is 11. The largest absolute Gasteiger partial charge is 0.469 e. The summed E-state index contributed by atoms with van der Waals surface area (Å²) in [6.07, 6.45) is 31.9. The number of carbonyl (C=O) groups excluding carboxylic acids is 1. The first-order valence-corrected chi connectivity index (χ1v) is 14.2. The maximum atomic E-state index is 11.3. The van der Waals surface area contributed by atoms with Crippen LogP contribution in [0.1, 0.15) is 58.3 Å². The minimum absolute atomic E-state index is 0.107. The fourth-order valence-electron chi connectivity index (χ4n) is 2.55. The second-order valence-electron chi connectivity index (χ2n) is 7.77. The summed E-state index contributed by atoms with van der Waals surface area (Å²) >= 11 is 0. The van der Waals surface area contributed by atoms with Crippen LogP contribution in [0.4, 0.5) is 0 Å². The standard InChI is InChI=1S/C25H38O4.C2H8NO4P/c1-2-3-4-5-6-7-8-9-10-11-12-13-14-15-16-17-18-19-20-21-25(28)29-24(22-26)23-27;3-1-2-7-8(4,5)6/h10-21,24,26-27H,2-9,22-23H2,1H3;1-3H2,(H2,4,5,6). The van der Waals surface area contributed by atoms with Gasteiger partial charge in [-0.1, -0.05) is 112 Å². The molecule has 0 radical (unpaired) electrons. The number of phosphoric ester groups is 1. The van der Waals surface area contributed by atoms with Gasteiger partial charge in [-0.05, 0) is 12.8 Å². The Bertz CT molecular complexity index is 750. The SMILES string of the molecule is CCCCCCCCCC=CC=CC=CC=CC=CC=CC(=O)OC(CO)CO.NCCOP(=O)(O)O. The predicted molar refractivity (Wildman–Crippen MR) is 149 cm³/mol. The lowest BCUT2D eigenvalue weighted by atomic mass is 10.1. The summed E-state index contributed by atoms with van der Waals surface area (Å²) in [6.45, 7) is 1.46. The second-order valence-corrected chi connectivity index (χ2v) is 9.01. The van der Waals surface area contributed by atoms with Crippen molar-refractivity contribution < 1.29 is 38.6 Å². The Labute approximate surface area is 222 Å². The molecule has 9 nitrogen and oxygen atoms in total.